The predicted molar refractivity (Wildman–Crippen MR) is 147 cm³/mol. The molecule has 2 aromatic rings. The Kier molecular flexibility index (Phi) is 14.4. The standard InChI is InChI=1S/C28H42N2O8S/c1-21-15-23(17-26(16-21)39(35,36)30-38-22(2)32)9-5-8-14-37-13-7-4-3-6-12-29-19-28(34)24-10-11-27(33)25(18-24)20-31/h10-11,15-18,28-31,33-34H,3-9,12-14,19-20H2,1-2H3/t28-/m1/s1. The molecule has 0 radical (unpaired) electrons. The summed E-state index contributed by atoms with van der Waals surface area (Å²) in [6, 6.07) is 9.82. The summed E-state index contributed by atoms with van der Waals surface area (Å²) in [5.74, 6) is -0.712. The highest BCUT2D eigenvalue weighted by Crippen LogP contribution is 2.22. The van der Waals surface area contributed by atoms with Crippen molar-refractivity contribution < 1.29 is 38.1 Å². The van der Waals surface area contributed by atoms with E-state index in [1.807, 2.05) is 17.9 Å². The molecule has 11 heteroatoms. The molecule has 0 heterocycles. The van der Waals surface area contributed by atoms with E-state index >= 15 is 0 Å². The molecule has 2 rings (SSSR count). The van der Waals surface area contributed by atoms with Crippen LogP contribution in [-0.4, -0.2) is 56.0 Å². The highest BCUT2D eigenvalue weighted by Gasteiger charge is 2.17. The normalized spacial score (nSPS) is 12.4. The van der Waals surface area contributed by atoms with Gasteiger partial charge in [0.15, 0.2) is 0 Å². The summed E-state index contributed by atoms with van der Waals surface area (Å²) in [6.07, 6.45) is 5.85. The van der Waals surface area contributed by atoms with E-state index in [-0.39, 0.29) is 17.3 Å². The molecule has 0 saturated carbocycles. The molecule has 0 aromatic heterocycles. The second-order valence-corrected chi connectivity index (χ2v) is 11.2. The second kappa shape index (κ2) is 17.2. The summed E-state index contributed by atoms with van der Waals surface area (Å²) >= 11 is 0. The molecule has 1 atom stereocenters. The number of ether oxygens (including phenoxy) is 1. The molecule has 39 heavy (non-hydrogen) atoms. The monoisotopic (exact) mass is 566 g/mol. The van der Waals surface area contributed by atoms with Crippen molar-refractivity contribution >= 4 is 16.0 Å². The number of unbranched alkanes of at least 4 members (excludes halogenated alkanes) is 4. The van der Waals surface area contributed by atoms with E-state index in [0.29, 0.717) is 30.9 Å². The molecular formula is C28H42N2O8S. The Labute approximate surface area is 231 Å². The van der Waals surface area contributed by atoms with Crippen LogP contribution in [0.2, 0.25) is 0 Å². The fraction of sp³-hybridized carbons (Fsp3) is 0.536. The summed E-state index contributed by atoms with van der Waals surface area (Å²) in [5, 5.41) is 32.3. The number of aromatic hydroxyl groups is 1. The minimum Gasteiger partial charge on any atom is -0.508 e. The maximum absolute atomic E-state index is 12.3. The number of phenols is 1. The largest absolute Gasteiger partial charge is 0.508 e. The van der Waals surface area contributed by atoms with Gasteiger partial charge in [-0.1, -0.05) is 25.0 Å². The van der Waals surface area contributed by atoms with Gasteiger partial charge in [0, 0.05) is 32.2 Å². The van der Waals surface area contributed by atoms with Gasteiger partial charge >= 0.3 is 5.97 Å². The van der Waals surface area contributed by atoms with Gasteiger partial charge in [0.2, 0.25) is 0 Å². The third-order valence-corrected chi connectivity index (χ3v) is 7.27. The lowest BCUT2D eigenvalue weighted by Crippen LogP contribution is -2.26. The zero-order chi connectivity index (χ0) is 28.7. The lowest BCUT2D eigenvalue weighted by atomic mass is 10.1. The number of rotatable bonds is 19. The van der Waals surface area contributed by atoms with Crippen LogP contribution in [0.3, 0.4) is 0 Å². The van der Waals surface area contributed by atoms with Crippen molar-refractivity contribution in [2.24, 2.45) is 0 Å². The van der Waals surface area contributed by atoms with E-state index in [0.717, 1.165) is 69.5 Å². The van der Waals surface area contributed by atoms with Crippen molar-refractivity contribution in [3.05, 3.63) is 58.7 Å². The van der Waals surface area contributed by atoms with Crippen molar-refractivity contribution in [2.75, 3.05) is 26.3 Å². The minimum absolute atomic E-state index is 0.0224. The number of aliphatic hydroxyl groups is 2. The van der Waals surface area contributed by atoms with Crippen molar-refractivity contribution in [3.8, 4) is 5.75 Å². The van der Waals surface area contributed by atoms with E-state index in [1.54, 1.807) is 18.2 Å². The molecule has 0 bridgehead atoms. The number of aliphatic hydroxyl groups excluding tert-OH is 2. The van der Waals surface area contributed by atoms with Gasteiger partial charge in [0.1, 0.15) is 5.75 Å². The molecule has 10 nitrogen and oxygen atoms in total. The fourth-order valence-electron chi connectivity index (χ4n) is 4.02. The number of carbonyl (C=O) groups is 1. The van der Waals surface area contributed by atoms with Gasteiger partial charge in [-0.05, 0) is 91.4 Å². The fourth-order valence-corrected chi connectivity index (χ4v) is 5.00. The van der Waals surface area contributed by atoms with Crippen LogP contribution in [0, 0.1) is 6.92 Å². The van der Waals surface area contributed by atoms with E-state index < -0.39 is 22.1 Å². The lowest BCUT2D eigenvalue weighted by Gasteiger charge is -2.14. The van der Waals surface area contributed by atoms with Crippen LogP contribution in [0.4, 0.5) is 0 Å². The first-order valence-electron chi connectivity index (χ1n) is 13.3. The van der Waals surface area contributed by atoms with Crippen molar-refractivity contribution in [2.45, 2.75) is 76.4 Å². The van der Waals surface area contributed by atoms with Crippen molar-refractivity contribution in [1.82, 2.24) is 10.2 Å². The van der Waals surface area contributed by atoms with E-state index in [9.17, 15) is 28.5 Å². The molecule has 0 unspecified atom stereocenters. The Morgan fingerprint density at radius 2 is 1.72 bits per heavy atom. The molecule has 0 fully saturated rings. The van der Waals surface area contributed by atoms with Crippen LogP contribution in [0.15, 0.2) is 41.3 Å². The summed E-state index contributed by atoms with van der Waals surface area (Å²) in [7, 11) is -3.92. The Morgan fingerprint density at radius 3 is 2.44 bits per heavy atom. The topological polar surface area (TPSA) is 154 Å². The highest BCUT2D eigenvalue weighted by molar-refractivity contribution is 7.89. The Hall–Kier alpha value is -2.54. The van der Waals surface area contributed by atoms with Gasteiger partial charge in [0.05, 0.1) is 17.6 Å². The molecule has 0 aliphatic heterocycles. The molecule has 0 saturated heterocycles. The molecule has 218 valence electrons. The van der Waals surface area contributed by atoms with Gasteiger partial charge in [-0.15, -0.1) is 0 Å². The predicted octanol–water partition coefficient (Wildman–Crippen LogP) is 3.17. The van der Waals surface area contributed by atoms with Crippen LogP contribution in [0.1, 0.15) is 73.8 Å². The first-order chi connectivity index (χ1) is 18.6. The van der Waals surface area contributed by atoms with E-state index in [2.05, 4.69) is 10.2 Å². The zero-order valence-corrected chi connectivity index (χ0v) is 23.6. The molecular weight excluding hydrogens is 524 g/mol. The van der Waals surface area contributed by atoms with Gasteiger partial charge in [-0.25, -0.2) is 8.42 Å². The zero-order valence-electron chi connectivity index (χ0n) is 22.8. The summed E-state index contributed by atoms with van der Waals surface area (Å²) in [4.78, 5) is 17.2. The van der Waals surface area contributed by atoms with Crippen LogP contribution in [-0.2, 0) is 37.4 Å². The number of nitrogens with one attached hydrogen (secondary N) is 2. The Bertz CT molecular complexity index is 1140. The van der Waals surface area contributed by atoms with E-state index in [4.69, 9.17) is 4.74 Å². The third kappa shape index (κ3) is 12.5. The first-order valence-corrected chi connectivity index (χ1v) is 14.8. The number of benzene rings is 2. The average molecular weight is 567 g/mol. The lowest BCUT2D eigenvalue weighted by molar-refractivity contribution is -0.144. The summed E-state index contributed by atoms with van der Waals surface area (Å²) < 4.78 is 30.3. The van der Waals surface area contributed by atoms with Crippen molar-refractivity contribution in [1.29, 1.82) is 0 Å². The number of aryl methyl sites for hydroxylation is 2. The molecule has 0 aliphatic carbocycles. The Balaban J connectivity index is 1.51. The van der Waals surface area contributed by atoms with Crippen LogP contribution >= 0.6 is 0 Å². The summed E-state index contributed by atoms with van der Waals surface area (Å²) in [5.41, 5.74) is 2.77. The SMILES string of the molecule is CC(=O)ONS(=O)(=O)c1cc(C)cc(CCCCOCCCCCCNC[C@@H](O)c2ccc(O)c(CO)c2)c1. The molecule has 0 spiro atoms. The second-order valence-electron chi connectivity index (χ2n) is 9.58. The van der Waals surface area contributed by atoms with Gasteiger partial charge < -0.3 is 30.2 Å². The summed E-state index contributed by atoms with van der Waals surface area (Å²) in [6.45, 7) is 5.23. The maximum atomic E-state index is 12.3. The third-order valence-electron chi connectivity index (χ3n) is 6.11. The van der Waals surface area contributed by atoms with E-state index in [1.165, 1.54) is 12.1 Å². The van der Waals surface area contributed by atoms with Crippen LogP contribution in [0.5, 0.6) is 5.75 Å². The number of sulfonamides is 1. The average Bonchev–Trinajstić information content (AvgIpc) is 2.90. The smallest absolute Gasteiger partial charge is 0.323 e. The molecule has 0 amide bonds. The maximum Gasteiger partial charge on any atom is 0.323 e. The number of carbonyl (C=O) groups excluding carboxylic acids is 1. The number of hydrogen-bond donors (Lipinski definition) is 5. The van der Waals surface area contributed by atoms with Gasteiger partial charge in [-0.2, -0.15) is 0 Å². The Morgan fingerprint density at radius 1 is 1.00 bits per heavy atom. The highest BCUT2D eigenvalue weighted by atomic mass is 32.2. The minimum atomic E-state index is -3.92. The van der Waals surface area contributed by atoms with Crippen LogP contribution in [0.25, 0.3) is 0 Å². The molecule has 0 aliphatic rings. The molecule has 2 aromatic carbocycles. The molecule has 5 N–H and O–H groups in total. The number of hydrogen-bond acceptors (Lipinski definition) is 9. The quantitative estimate of drug-likeness (QED) is 0.127. The van der Waals surface area contributed by atoms with Gasteiger partial charge in [-0.3, -0.25) is 4.79 Å². The van der Waals surface area contributed by atoms with Crippen LogP contribution < -0.4 is 10.2 Å². The van der Waals surface area contributed by atoms with Gasteiger partial charge in [0.25, 0.3) is 10.0 Å². The first kappa shape index (κ1) is 32.7. The van der Waals surface area contributed by atoms with Crippen molar-refractivity contribution in [3.63, 3.8) is 0 Å².